The molecular weight excluding hydrogens is 387 g/mol. The molecule has 1 aliphatic heterocycles. The molecule has 1 aromatic carbocycles. The number of hydrogen-bond acceptors (Lipinski definition) is 6. The number of nitrogens with zero attached hydrogens (tertiary/aromatic N) is 3. The fraction of sp³-hybridized carbons (Fsp3) is 0.263. The molecule has 3 aromatic rings. The van der Waals surface area contributed by atoms with Crippen LogP contribution in [0.3, 0.4) is 0 Å². The van der Waals surface area contributed by atoms with Crippen LogP contribution >= 0.6 is 0 Å². The van der Waals surface area contributed by atoms with Gasteiger partial charge in [-0.3, -0.25) is 4.79 Å². The van der Waals surface area contributed by atoms with Gasteiger partial charge in [0.1, 0.15) is 11.2 Å². The number of hydrogen-bond donors (Lipinski definition) is 2. The Bertz CT molecular complexity index is 1050. The second kappa shape index (κ2) is 6.87. The molecule has 1 atom stereocenters. The quantitative estimate of drug-likeness (QED) is 0.691. The Labute approximate surface area is 163 Å². The smallest absolute Gasteiger partial charge is 0.416 e. The number of nitrogens with one attached hydrogen (secondary N) is 2. The van der Waals surface area contributed by atoms with Gasteiger partial charge < -0.3 is 15.1 Å². The summed E-state index contributed by atoms with van der Waals surface area (Å²) in [6, 6.07) is 7.94. The molecule has 0 unspecified atom stereocenters. The third kappa shape index (κ3) is 3.53. The maximum atomic E-state index is 12.7. The lowest BCUT2D eigenvalue weighted by Crippen LogP contribution is -2.32. The first-order valence-electron chi connectivity index (χ1n) is 8.79. The zero-order valence-corrected chi connectivity index (χ0v) is 15.2. The molecule has 2 N–H and O–H groups in total. The van der Waals surface area contributed by atoms with E-state index in [1.165, 1.54) is 18.3 Å². The van der Waals surface area contributed by atoms with Gasteiger partial charge >= 0.3 is 6.18 Å². The summed E-state index contributed by atoms with van der Waals surface area (Å²) in [5.74, 6) is 0.515. The summed E-state index contributed by atoms with van der Waals surface area (Å²) < 4.78 is 44.0. The van der Waals surface area contributed by atoms with Crippen molar-refractivity contribution in [1.29, 1.82) is 0 Å². The lowest BCUT2D eigenvalue weighted by molar-refractivity contribution is -0.137. The maximum absolute atomic E-state index is 12.7. The predicted octanol–water partition coefficient (Wildman–Crippen LogP) is 3.67. The van der Waals surface area contributed by atoms with Crippen LogP contribution < -0.4 is 10.6 Å². The summed E-state index contributed by atoms with van der Waals surface area (Å²) in [5.41, 5.74) is -0.754. The van der Waals surface area contributed by atoms with Crippen molar-refractivity contribution in [1.82, 2.24) is 20.5 Å². The number of anilines is 2. The molecule has 7 nitrogen and oxygen atoms in total. The molecule has 0 aliphatic carbocycles. The minimum Gasteiger partial charge on any atom is -0.419 e. The summed E-state index contributed by atoms with van der Waals surface area (Å²) in [6.45, 7) is 2.26. The molecule has 4 rings (SSSR count). The Morgan fingerprint density at radius 2 is 1.93 bits per heavy atom. The minimum atomic E-state index is -4.41. The zero-order valence-electron chi connectivity index (χ0n) is 15.2. The summed E-state index contributed by atoms with van der Waals surface area (Å²) in [7, 11) is 0. The summed E-state index contributed by atoms with van der Waals surface area (Å²) in [6.07, 6.45) is -2.34. The monoisotopic (exact) mass is 403 g/mol. The normalized spacial score (nSPS) is 19.2. The number of pyridine rings is 1. The first-order valence-corrected chi connectivity index (χ1v) is 8.79. The van der Waals surface area contributed by atoms with Gasteiger partial charge in [0.05, 0.1) is 11.1 Å². The number of aromatic nitrogens is 3. The van der Waals surface area contributed by atoms with Crippen LogP contribution in [0.15, 0.2) is 47.0 Å². The number of halogens is 3. The van der Waals surface area contributed by atoms with Crippen LogP contribution in [0.1, 0.15) is 24.8 Å². The van der Waals surface area contributed by atoms with Crippen molar-refractivity contribution < 1.29 is 22.4 Å². The molecule has 2 aromatic heterocycles. The van der Waals surface area contributed by atoms with Crippen LogP contribution in [-0.2, 0) is 16.4 Å². The molecule has 1 fully saturated rings. The van der Waals surface area contributed by atoms with Crippen molar-refractivity contribution in [3.05, 3.63) is 54.0 Å². The van der Waals surface area contributed by atoms with Crippen LogP contribution in [0, 0.1) is 0 Å². The van der Waals surface area contributed by atoms with Gasteiger partial charge in [-0.25, -0.2) is 4.98 Å². The van der Waals surface area contributed by atoms with E-state index in [1.54, 1.807) is 19.1 Å². The van der Waals surface area contributed by atoms with Crippen molar-refractivity contribution in [2.75, 3.05) is 11.9 Å². The van der Waals surface area contributed by atoms with E-state index >= 15 is 0 Å². The highest BCUT2D eigenvalue weighted by molar-refractivity contribution is 5.88. The molecule has 0 radical (unpaired) electrons. The maximum Gasteiger partial charge on any atom is 0.416 e. The van der Waals surface area contributed by atoms with Crippen LogP contribution in [0.25, 0.3) is 11.5 Å². The molecule has 150 valence electrons. The Hall–Kier alpha value is -3.43. The number of amides is 1. The molecular formula is C19H16F3N5O2. The first kappa shape index (κ1) is 18.9. The van der Waals surface area contributed by atoms with Crippen molar-refractivity contribution in [2.45, 2.75) is 24.9 Å². The molecule has 0 saturated carbocycles. The van der Waals surface area contributed by atoms with E-state index in [-0.39, 0.29) is 17.7 Å². The highest BCUT2D eigenvalue weighted by Gasteiger charge is 2.44. The van der Waals surface area contributed by atoms with Crippen LogP contribution in [0.4, 0.5) is 24.7 Å². The fourth-order valence-corrected chi connectivity index (χ4v) is 3.05. The molecule has 10 heteroatoms. The molecule has 3 heterocycles. The van der Waals surface area contributed by atoms with Gasteiger partial charge in [-0.1, -0.05) is 0 Å². The van der Waals surface area contributed by atoms with E-state index < -0.39 is 17.2 Å². The van der Waals surface area contributed by atoms with Crippen LogP contribution in [0.2, 0.25) is 0 Å². The molecule has 29 heavy (non-hydrogen) atoms. The van der Waals surface area contributed by atoms with Gasteiger partial charge in [-0.2, -0.15) is 13.2 Å². The van der Waals surface area contributed by atoms with Crippen molar-refractivity contribution >= 4 is 17.4 Å². The SMILES string of the molecule is C[C@]1(c2nnc(-c3cccnc3Nc3ccc(C(F)(F)F)cc3)o2)CCNC1=O. The van der Waals surface area contributed by atoms with Gasteiger partial charge in [0.15, 0.2) is 0 Å². The number of carbonyl (C=O) groups excluding carboxylic acids is 1. The van der Waals surface area contributed by atoms with E-state index in [0.29, 0.717) is 30.0 Å². The lowest BCUT2D eigenvalue weighted by Gasteiger charge is -2.14. The summed E-state index contributed by atoms with van der Waals surface area (Å²) in [5, 5.41) is 13.8. The van der Waals surface area contributed by atoms with Gasteiger partial charge in [0, 0.05) is 18.4 Å². The minimum absolute atomic E-state index is 0.156. The van der Waals surface area contributed by atoms with Gasteiger partial charge in [0.25, 0.3) is 5.89 Å². The topological polar surface area (TPSA) is 92.9 Å². The summed E-state index contributed by atoms with van der Waals surface area (Å²) >= 11 is 0. The predicted molar refractivity (Wildman–Crippen MR) is 97.2 cm³/mol. The molecule has 1 aliphatic rings. The van der Waals surface area contributed by atoms with Gasteiger partial charge in [-0.05, 0) is 49.7 Å². The number of alkyl halides is 3. The Kier molecular flexibility index (Phi) is 4.48. The van der Waals surface area contributed by atoms with E-state index in [1.807, 2.05) is 0 Å². The standard InChI is InChI=1S/C19H16F3N5O2/c1-18(8-10-24-16(18)28)17-27-26-15(29-17)13-3-2-9-23-14(13)25-12-6-4-11(5-7-12)19(20,21)22/h2-7,9H,8,10H2,1H3,(H,23,25)(H,24,28)/t18-/m0/s1. The van der Waals surface area contributed by atoms with Gasteiger partial charge in [-0.15, -0.1) is 10.2 Å². The van der Waals surface area contributed by atoms with Crippen LogP contribution in [0.5, 0.6) is 0 Å². The van der Waals surface area contributed by atoms with Crippen molar-refractivity contribution in [2.24, 2.45) is 0 Å². The lowest BCUT2D eigenvalue weighted by atomic mass is 9.89. The van der Waals surface area contributed by atoms with E-state index in [4.69, 9.17) is 4.42 Å². The molecule has 0 spiro atoms. The molecule has 0 bridgehead atoms. The van der Waals surface area contributed by atoms with E-state index in [0.717, 1.165) is 12.1 Å². The molecule has 1 amide bonds. The number of carbonyl (C=O) groups is 1. The van der Waals surface area contributed by atoms with Crippen molar-refractivity contribution in [3.8, 4) is 11.5 Å². The van der Waals surface area contributed by atoms with Crippen LogP contribution in [-0.4, -0.2) is 27.6 Å². The Balaban J connectivity index is 1.62. The van der Waals surface area contributed by atoms with Gasteiger partial charge in [0.2, 0.25) is 11.8 Å². The first-order chi connectivity index (χ1) is 13.8. The molecule has 1 saturated heterocycles. The average Bonchev–Trinajstić information content (AvgIpc) is 3.30. The third-order valence-corrected chi connectivity index (χ3v) is 4.82. The third-order valence-electron chi connectivity index (χ3n) is 4.82. The Morgan fingerprint density at radius 3 is 2.59 bits per heavy atom. The highest BCUT2D eigenvalue weighted by Crippen LogP contribution is 2.35. The summed E-state index contributed by atoms with van der Waals surface area (Å²) in [4.78, 5) is 16.3. The fourth-order valence-electron chi connectivity index (χ4n) is 3.05. The van der Waals surface area contributed by atoms with E-state index in [2.05, 4.69) is 25.8 Å². The second-order valence-electron chi connectivity index (χ2n) is 6.85. The highest BCUT2D eigenvalue weighted by atomic mass is 19.4. The number of rotatable bonds is 4. The number of benzene rings is 1. The second-order valence-corrected chi connectivity index (χ2v) is 6.85. The average molecular weight is 403 g/mol. The van der Waals surface area contributed by atoms with E-state index in [9.17, 15) is 18.0 Å². The van der Waals surface area contributed by atoms with Crippen molar-refractivity contribution in [3.63, 3.8) is 0 Å². The Morgan fingerprint density at radius 1 is 1.17 bits per heavy atom. The zero-order chi connectivity index (χ0) is 20.6. The largest absolute Gasteiger partial charge is 0.419 e.